The third kappa shape index (κ3) is 4.07. The fourth-order valence-electron chi connectivity index (χ4n) is 2.14. The highest BCUT2D eigenvalue weighted by Gasteiger charge is 2.11. The number of halogens is 1. The van der Waals surface area contributed by atoms with Gasteiger partial charge in [-0.25, -0.2) is 0 Å². The molecule has 0 fully saturated rings. The van der Waals surface area contributed by atoms with Gasteiger partial charge in [0.15, 0.2) is 5.82 Å². The molecular weight excluding hydrogens is 344 g/mol. The summed E-state index contributed by atoms with van der Waals surface area (Å²) < 4.78 is 10.1. The van der Waals surface area contributed by atoms with E-state index in [-0.39, 0.29) is 11.6 Å². The van der Waals surface area contributed by atoms with Crippen molar-refractivity contribution >= 4 is 34.7 Å². The SMILES string of the molecule is COc1ccc(NC(=O)c2cc(Nc3cc(C)on3)ccn2)cc1Cl. The number of pyridine rings is 1. The summed E-state index contributed by atoms with van der Waals surface area (Å²) in [5.41, 5.74) is 1.46. The van der Waals surface area contributed by atoms with Crippen molar-refractivity contribution in [3.05, 3.63) is 59.1 Å². The number of hydrogen-bond acceptors (Lipinski definition) is 6. The summed E-state index contributed by atoms with van der Waals surface area (Å²) in [5.74, 6) is 1.41. The largest absolute Gasteiger partial charge is 0.495 e. The molecule has 0 spiro atoms. The minimum absolute atomic E-state index is 0.247. The van der Waals surface area contributed by atoms with Crippen LogP contribution in [-0.4, -0.2) is 23.2 Å². The number of aryl methyl sites for hydroxylation is 1. The molecule has 0 atom stereocenters. The maximum Gasteiger partial charge on any atom is 0.274 e. The zero-order chi connectivity index (χ0) is 17.8. The van der Waals surface area contributed by atoms with Gasteiger partial charge in [0, 0.05) is 23.6 Å². The number of benzene rings is 1. The predicted molar refractivity (Wildman–Crippen MR) is 94.7 cm³/mol. The number of nitrogens with one attached hydrogen (secondary N) is 2. The van der Waals surface area contributed by atoms with E-state index in [4.69, 9.17) is 20.9 Å². The molecule has 128 valence electrons. The number of carbonyl (C=O) groups excluding carboxylic acids is 1. The Morgan fingerprint density at radius 1 is 1.20 bits per heavy atom. The Labute approximate surface area is 149 Å². The van der Waals surface area contributed by atoms with Gasteiger partial charge in [-0.15, -0.1) is 0 Å². The summed E-state index contributed by atoms with van der Waals surface area (Å²) in [6, 6.07) is 10.1. The lowest BCUT2D eigenvalue weighted by Crippen LogP contribution is -2.13. The molecular formula is C17H15ClN4O3. The van der Waals surface area contributed by atoms with E-state index in [0.717, 1.165) is 0 Å². The second-order valence-electron chi connectivity index (χ2n) is 5.18. The highest BCUT2D eigenvalue weighted by molar-refractivity contribution is 6.32. The fourth-order valence-corrected chi connectivity index (χ4v) is 2.40. The zero-order valence-electron chi connectivity index (χ0n) is 13.5. The molecule has 3 aromatic rings. The molecule has 2 aromatic heterocycles. The van der Waals surface area contributed by atoms with Crippen molar-refractivity contribution in [2.75, 3.05) is 17.7 Å². The van der Waals surface area contributed by atoms with Crippen LogP contribution in [0, 0.1) is 6.92 Å². The van der Waals surface area contributed by atoms with Gasteiger partial charge >= 0.3 is 0 Å². The number of nitrogens with zero attached hydrogens (tertiary/aromatic N) is 2. The van der Waals surface area contributed by atoms with Crippen LogP contribution < -0.4 is 15.4 Å². The van der Waals surface area contributed by atoms with Crippen LogP contribution in [0.3, 0.4) is 0 Å². The van der Waals surface area contributed by atoms with Gasteiger partial charge in [-0.2, -0.15) is 0 Å². The first-order valence-electron chi connectivity index (χ1n) is 7.36. The number of rotatable bonds is 5. The van der Waals surface area contributed by atoms with E-state index in [9.17, 15) is 4.79 Å². The monoisotopic (exact) mass is 358 g/mol. The highest BCUT2D eigenvalue weighted by Crippen LogP contribution is 2.27. The lowest BCUT2D eigenvalue weighted by atomic mass is 10.2. The first-order valence-corrected chi connectivity index (χ1v) is 7.74. The molecule has 2 heterocycles. The number of carbonyl (C=O) groups is 1. The second-order valence-corrected chi connectivity index (χ2v) is 5.59. The van der Waals surface area contributed by atoms with Gasteiger partial charge in [0.1, 0.15) is 17.2 Å². The van der Waals surface area contributed by atoms with Crippen LogP contribution in [0.4, 0.5) is 17.2 Å². The van der Waals surface area contributed by atoms with E-state index in [1.165, 1.54) is 13.3 Å². The van der Waals surface area contributed by atoms with Crippen molar-refractivity contribution in [3.8, 4) is 5.75 Å². The third-order valence-corrected chi connectivity index (χ3v) is 3.60. The van der Waals surface area contributed by atoms with Crippen molar-refractivity contribution in [3.63, 3.8) is 0 Å². The van der Waals surface area contributed by atoms with E-state index in [2.05, 4.69) is 20.8 Å². The maximum atomic E-state index is 12.4. The van der Waals surface area contributed by atoms with Crippen LogP contribution in [0.1, 0.15) is 16.2 Å². The number of aromatic nitrogens is 2. The standard InChI is InChI=1S/C17H15ClN4O3/c1-10-7-16(22-25-10)20-12-5-6-19-14(9-12)17(23)21-11-3-4-15(24-2)13(18)8-11/h3-9H,1-2H3,(H,21,23)(H,19,20,22). The van der Waals surface area contributed by atoms with Gasteiger partial charge in [0.25, 0.3) is 5.91 Å². The average molecular weight is 359 g/mol. The van der Waals surface area contributed by atoms with E-state index < -0.39 is 0 Å². The number of hydrogen-bond donors (Lipinski definition) is 2. The molecule has 0 unspecified atom stereocenters. The van der Waals surface area contributed by atoms with Crippen molar-refractivity contribution in [1.29, 1.82) is 0 Å². The molecule has 0 saturated carbocycles. The number of ether oxygens (including phenoxy) is 1. The first-order chi connectivity index (χ1) is 12.0. The lowest BCUT2D eigenvalue weighted by Gasteiger charge is -2.08. The van der Waals surface area contributed by atoms with Crippen molar-refractivity contribution in [1.82, 2.24) is 10.1 Å². The minimum atomic E-state index is -0.360. The lowest BCUT2D eigenvalue weighted by molar-refractivity contribution is 0.102. The molecule has 2 N–H and O–H groups in total. The third-order valence-electron chi connectivity index (χ3n) is 3.30. The molecule has 0 bridgehead atoms. The van der Waals surface area contributed by atoms with Gasteiger partial charge < -0.3 is 19.9 Å². The van der Waals surface area contributed by atoms with Crippen molar-refractivity contribution in [2.24, 2.45) is 0 Å². The first kappa shape index (κ1) is 16.8. The molecule has 25 heavy (non-hydrogen) atoms. The Morgan fingerprint density at radius 3 is 2.72 bits per heavy atom. The number of methoxy groups -OCH3 is 1. The van der Waals surface area contributed by atoms with Crippen LogP contribution in [0.2, 0.25) is 5.02 Å². The molecule has 7 nitrogen and oxygen atoms in total. The molecule has 1 aromatic carbocycles. The summed E-state index contributed by atoms with van der Waals surface area (Å²) in [6.07, 6.45) is 1.53. The Morgan fingerprint density at radius 2 is 2.04 bits per heavy atom. The van der Waals surface area contributed by atoms with Gasteiger partial charge in [0.05, 0.1) is 12.1 Å². The summed E-state index contributed by atoms with van der Waals surface area (Å²) >= 11 is 6.06. The second kappa shape index (κ2) is 7.23. The predicted octanol–water partition coefficient (Wildman–Crippen LogP) is 4.04. The summed E-state index contributed by atoms with van der Waals surface area (Å²) in [6.45, 7) is 1.80. The molecule has 3 rings (SSSR count). The van der Waals surface area contributed by atoms with Crippen molar-refractivity contribution < 1.29 is 14.1 Å². The topological polar surface area (TPSA) is 89.3 Å². The van der Waals surface area contributed by atoms with E-state index >= 15 is 0 Å². The van der Waals surface area contributed by atoms with Crippen LogP contribution in [0.25, 0.3) is 0 Å². The molecule has 8 heteroatoms. The smallest absolute Gasteiger partial charge is 0.274 e. The highest BCUT2D eigenvalue weighted by atomic mass is 35.5. The van der Waals surface area contributed by atoms with Gasteiger partial charge in [-0.1, -0.05) is 16.8 Å². The zero-order valence-corrected chi connectivity index (χ0v) is 14.3. The molecule has 0 radical (unpaired) electrons. The fraction of sp³-hybridized carbons (Fsp3) is 0.118. The normalized spacial score (nSPS) is 10.4. The maximum absolute atomic E-state index is 12.4. The van der Waals surface area contributed by atoms with Crippen LogP contribution >= 0.6 is 11.6 Å². The van der Waals surface area contributed by atoms with E-state index in [1.54, 1.807) is 43.3 Å². The molecule has 0 aliphatic rings. The molecule has 1 amide bonds. The molecule has 0 aliphatic heterocycles. The van der Waals surface area contributed by atoms with E-state index in [0.29, 0.717) is 33.7 Å². The van der Waals surface area contributed by atoms with Crippen LogP contribution in [-0.2, 0) is 0 Å². The summed E-state index contributed by atoms with van der Waals surface area (Å²) in [7, 11) is 1.53. The minimum Gasteiger partial charge on any atom is -0.495 e. The van der Waals surface area contributed by atoms with E-state index in [1.807, 2.05) is 0 Å². The molecule has 0 saturated heterocycles. The number of anilines is 3. The van der Waals surface area contributed by atoms with Gasteiger partial charge in [-0.05, 0) is 37.3 Å². The number of amides is 1. The van der Waals surface area contributed by atoms with Gasteiger partial charge in [-0.3, -0.25) is 9.78 Å². The van der Waals surface area contributed by atoms with Crippen LogP contribution in [0.5, 0.6) is 5.75 Å². The Kier molecular flexibility index (Phi) is 4.85. The average Bonchev–Trinajstić information content (AvgIpc) is 3.00. The van der Waals surface area contributed by atoms with Crippen LogP contribution in [0.15, 0.2) is 47.1 Å². The quantitative estimate of drug-likeness (QED) is 0.715. The van der Waals surface area contributed by atoms with Gasteiger partial charge in [0.2, 0.25) is 0 Å². The van der Waals surface area contributed by atoms with Crippen molar-refractivity contribution in [2.45, 2.75) is 6.92 Å². The Balaban J connectivity index is 1.73. The summed E-state index contributed by atoms with van der Waals surface area (Å²) in [5, 5.41) is 10.0. The molecule has 0 aliphatic carbocycles. The Hall–Kier alpha value is -3.06. The summed E-state index contributed by atoms with van der Waals surface area (Å²) in [4.78, 5) is 16.5. The Bertz CT molecular complexity index is 910.